The Kier molecular flexibility index (Phi) is 3.34. The highest BCUT2D eigenvalue weighted by Crippen LogP contribution is 2.28. The average molecular weight is 302 g/mol. The van der Waals surface area contributed by atoms with Gasteiger partial charge in [-0.15, -0.1) is 0 Å². The second kappa shape index (κ2) is 3.87. The van der Waals surface area contributed by atoms with Gasteiger partial charge < -0.3 is 0 Å². The van der Waals surface area contributed by atoms with Crippen LogP contribution in [0.15, 0.2) is 16.6 Å². The first-order valence-corrected chi connectivity index (χ1v) is 5.13. The Morgan fingerprint density at radius 3 is 2.55 bits per heavy atom. The lowest BCUT2D eigenvalue weighted by Gasteiger charge is -2.02. The van der Waals surface area contributed by atoms with E-state index in [1.54, 1.807) is 0 Å². The topological polar surface area (TPSA) is 0 Å². The SMILES string of the molecule is Fc1cc(Cl)c(CBr)c(Br)c1. The molecule has 0 aliphatic heterocycles. The molecule has 0 spiro atoms. The summed E-state index contributed by atoms with van der Waals surface area (Å²) in [6, 6.07) is 2.69. The third-order valence-electron chi connectivity index (χ3n) is 1.24. The van der Waals surface area contributed by atoms with Crippen molar-refractivity contribution >= 4 is 43.5 Å². The molecule has 1 aromatic carbocycles. The summed E-state index contributed by atoms with van der Waals surface area (Å²) in [5.74, 6) is -0.327. The Balaban J connectivity index is 3.25. The number of hydrogen-bond acceptors (Lipinski definition) is 0. The number of rotatable bonds is 1. The third kappa shape index (κ3) is 2.17. The van der Waals surface area contributed by atoms with E-state index in [-0.39, 0.29) is 5.82 Å². The number of halogens is 4. The van der Waals surface area contributed by atoms with Gasteiger partial charge in [-0.2, -0.15) is 0 Å². The van der Waals surface area contributed by atoms with E-state index in [4.69, 9.17) is 11.6 Å². The molecule has 60 valence electrons. The van der Waals surface area contributed by atoms with Crippen molar-refractivity contribution in [3.05, 3.63) is 33.0 Å². The van der Waals surface area contributed by atoms with Gasteiger partial charge in [0.15, 0.2) is 0 Å². The van der Waals surface area contributed by atoms with Gasteiger partial charge in [-0.1, -0.05) is 43.5 Å². The molecule has 0 unspecified atom stereocenters. The molecule has 0 saturated heterocycles. The summed E-state index contributed by atoms with van der Waals surface area (Å²) >= 11 is 12.2. The molecule has 0 aliphatic carbocycles. The van der Waals surface area contributed by atoms with E-state index in [0.29, 0.717) is 14.8 Å². The summed E-state index contributed by atoms with van der Waals surface area (Å²) in [6.45, 7) is 0. The monoisotopic (exact) mass is 300 g/mol. The molecular formula is C7H4Br2ClF. The first-order valence-electron chi connectivity index (χ1n) is 2.84. The Bertz CT molecular complexity index is 252. The summed E-state index contributed by atoms with van der Waals surface area (Å²) in [6.07, 6.45) is 0. The highest BCUT2D eigenvalue weighted by atomic mass is 79.9. The zero-order valence-electron chi connectivity index (χ0n) is 5.37. The second-order valence-electron chi connectivity index (χ2n) is 1.98. The maximum absolute atomic E-state index is 12.6. The lowest BCUT2D eigenvalue weighted by atomic mass is 10.2. The number of alkyl halides is 1. The number of hydrogen-bond donors (Lipinski definition) is 0. The minimum atomic E-state index is -0.327. The number of benzene rings is 1. The standard InChI is InChI=1S/C7H4Br2ClF/c8-3-5-6(9)1-4(11)2-7(5)10/h1-2H,3H2. The minimum absolute atomic E-state index is 0.327. The van der Waals surface area contributed by atoms with E-state index in [0.717, 1.165) is 5.56 Å². The van der Waals surface area contributed by atoms with Crippen LogP contribution in [-0.4, -0.2) is 0 Å². The van der Waals surface area contributed by atoms with Crippen molar-refractivity contribution in [1.82, 2.24) is 0 Å². The molecule has 1 rings (SSSR count). The van der Waals surface area contributed by atoms with Gasteiger partial charge in [-0.05, 0) is 17.7 Å². The second-order valence-corrected chi connectivity index (χ2v) is 3.80. The summed E-state index contributed by atoms with van der Waals surface area (Å²) in [5.41, 5.74) is 0.869. The van der Waals surface area contributed by atoms with Crippen LogP contribution in [-0.2, 0) is 5.33 Å². The summed E-state index contributed by atoms with van der Waals surface area (Å²) in [7, 11) is 0. The van der Waals surface area contributed by atoms with Gasteiger partial charge in [0.1, 0.15) is 5.82 Å². The molecule has 0 aliphatic rings. The summed E-state index contributed by atoms with van der Waals surface area (Å²) in [5, 5.41) is 1.06. The molecule has 0 bridgehead atoms. The van der Waals surface area contributed by atoms with Crippen molar-refractivity contribution in [3.63, 3.8) is 0 Å². The van der Waals surface area contributed by atoms with Gasteiger partial charge in [0.2, 0.25) is 0 Å². The van der Waals surface area contributed by atoms with Gasteiger partial charge in [0, 0.05) is 14.8 Å². The predicted octanol–water partition coefficient (Wildman–Crippen LogP) is 4.14. The molecule has 0 fully saturated rings. The molecule has 11 heavy (non-hydrogen) atoms. The molecule has 0 radical (unpaired) electrons. The van der Waals surface area contributed by atoms with Crippen molar-refractivity contribution in [3.8, 4) is 0 Å². The van der Waals surface area contributed by atoms with Crippen LogP contribution in [0.4, 0.5) is 4.39 Å². The summed E-state index contributed by atoms with van der Waals surface area (Å²) in [4.78, 5) is 0. The molecule has 0 saturated carbocycles. The zero-order valence-corrected chi connectivity index (χ0v) is 9.30. The fraction of sp³-hybridized carbons (Fsp3) is 0.143. The molecule has 4 heteroatoms. The first kappa shape index (κ1) is 9.49. The van der Waals surface area contributed by atoms with Gasteiger partial charge in [0.05, 0.1) is 0 Å². The smallest absolute Gasteiger partial charge is 0.125 e. The van der Waals surface area contributed by atoms with Crippen molar-refractivity contribution in [2.24, 2.45) is 0 Å². The zero-order chi connectivity index (χ0) is 8.43. The predicted molar refractivity (Wildman–Crippen MR) is 51.7 cm³/mol. The van der Waals surface area contributed by atoms with Gasteiger partial charge >= 0.3 is 0 Å². The third-order valence-corrected chi connectivity index (χ3v) is 2.84. The molecular weight excluding hydrogens is 298 g/mol. The Morgan fingerprint density at radius 2 is 2.09 bits per heavy atom. The van der Waals surface area contributed by atoms with Gasteiger partial charge in [-0.25, -0.2) is 4.39 Å². The molecule has 0 nitrogen and oxygen atoms in total. The fourth-order valence-corrected chi connectivity index (χ4v) is 2.80. The van der Waals surface area contributed by atoms with Gasteiger partial charge in [0.25, 0.3) is 0 Å². The lowest BCUT2D eigenvalue weighted by Crippen LogP contribution is -1.84. The van der Waals surface area contributed by atoms with E-state index >= 15 is 0 Å². The highest BCUT2D eigenvalue weighted by Gasteiger charge is 2.05. The van der Waals surface area contributed by atoms with Crippen molar-refractivity contribution in [1.29, 1.82) is 0 Å². The van der Waals surface area contributed by atoms with Crippen LogP contribution in [0.25, 0.3) is 0 Å². The van der Waals surface area contributed by atoms with E-state index in [9.17, 15) is 4.39 Å². The first-order chi connectivity index (χ1) is 5.15. The van der Waals surface area contributed by atoms with Gasteiger partial charge in [-0.3, -0.25) is 0 Å². The van der Waals surface area contributed by atoms with E-state index < -0.39 is 0 Å². The molecule has 1 aromatic rings. The maximum atomic E-state index is 12.6. The highest BCUT2D eigenvalue weighted by molar-refractivity contribution is 9.10. The normalized spacial score (nSPS) is 10.2. The molecule has 0 amide bonds. The summed E-state index contributed by atoms with van der Waals surface area (Å²) < 4.78 is 13.3. The van der Waals surface area contributed by atoms with Crippen LogP contribution in [0.1, 0.15) is 5.56 Å². The van der Waals surface area contributed by atoms with E-state index in [1.165, 1.54) is 12.1 Å². The molecule has 0 heterocycles. The van der Waals surface area contributed by atoms with Crippen molar-refractivity contribution < 1.29 is 4.39 Å². The molecule has 0 atom stereocenters. The van der Waals surface area contributed by atoms with Crippen LogP contribution < -0.4 is 0 Å². The maximum Gasteiger partial charge on any atom is 0.125 e. The Labute approximate surface area is 86.0 Å². The minimum Gasteiger partial charge on any atom is -0.207 e. The molecule has 0 N–H and O–H groups in total. The Morgan fingerprint density at radius 1 is 1.45 bits per heavy atom. The van der Waals surface area contributed by atoms with E-state index in [2.05, 4.69) is 31.9 Å². The fourth-order valence-electron chi connectivity index (χ4n) is 0.700. The van der Waals surface area contributed by atoms with Crippen LogP contribution in [0.2, 0.25) is 5.02 Å². The largest absolute Gasteiger partial charge is 0.207 e. The lowest BCUT2D eigenvalue weighted by molar-refractivity contribution is 0.626. The van der Waals surface area contributed by atoms with Crippen LogP contribution in [0.5, 0.6) is 0 Å². The Hall–Kier alpha value is 0.400. The van der Waals surface area contributed by atoms with Crippen LogP contribution in [0.3, 0.4) is 0 Å². The van der Waals surface area contributed by atoms with E-state index in [1.807, 2.05) is 0 Å². The van der Waals surface area contributed by atoms with Crippen molar-refractivity contribution in [2.45, 2.75) is 5.33 Å². The van der Waals surface area contributed by atoms with Crippen molar-refractivity contribution in [2.75, 3.05) is 0 Å². The van der Waals surface area contributed by atoms with Crippen LogP contribution in [0, 0.1) is 5.82 Å². The molecule has 0 aromatic heterocycles. The quantitative estimate of drug-likeness (QED) is 0.684. The van der Waals surface area contributed by atoms with Crippen LogP contribution >= 0.6 is 43.5 Å². The average Bonchev–Trinajstić information content (AvgIpc) is 1.85.